The predicted molar refractivity (Wildman–Crippen MR) is 97.1 cm³/mol. The van der Waals surface area contributed by atoms with Gasteiger partial charge in [0.2, 0.25) is 5.88 Å². The highest BCUT2D eigenvalue weighted by molar-refractivity contribution is 5.82. The third-order valence-electron chi connectivity index (χ3n) is 3.71. The molecule has 0 spiro atoms. The van der Waals surface area contributed by atoms with Crippen LogP contribution in [0, 0.1) is 0 Å². The van der Waals surface area contributed by atoms with Crippen molar-refractivity contribution in [2.24, 2.45) is 19.1 Å². The Labute approximate surface area is 144 Å². The van der Waals surface area contributed by atoms with Gasteiger partial charge in [-0.3, -0.25) is 18.9 Å². The summed E-state index contributed by atoms with van der Waals surface area (Å²) in [4.78, 5) is 28.3. The largest absolute Gasteiger partial charge is 0.438 e. The number of rotatable bonds is 4. The van der Waals surface area contributed by atoms with E-state index in [0.717, 1.165) is 10.1 Å². The van der Waals surface area contributed by atoms with E-state index < -0.39 is 11.2 Å². The molecule has 6 nitrogen and oxygen atoms in total. The zero-order valence-corrected chi connectivity index (χ0v) is 13.9. The smallest absolute Gasteiger partial charge is 0.333 e. The average molecular weight is 335 g/mol. The van der Waals surface area contributed by atoms with Crippen molar-refractivity contribution >= 4 is 11.9 Å². The Balaban J connectivity index is 1.96. The number of hydrogen-bond donors (Lipinski definition) is 0. The van der Waals surface area contributed by atoms with Crippen molar-refractivity contribution in [3.63, 3.8) is 0 Å². The van der Waals surface area contributed by atoms with Crippen LogP contribution in [0.25, 0.3) is 0 Å². The molecule has 0 aliphatic rings. The molecular formula is C19H17N3O3. The van der Waals surface area contributed by atoms with E-state index in [1.165, 1.54) is 17.7 Å². The van der Waals surface area contributed by atoms with Crippen LogP contribution >= 0.6 is 0 Å². The Morgan fingerprint density at radius 2 is 1.60 bits per heavy atom. The summed E-state index contributed by atoms with van der Waals surface area (Å²) >= 11 is 0. The van der Waals surface area contributed by atoms with Gasteiger partial charge in [-0.05, 0) is 17.7 Å². The predicted octanol–water partition coefficient (Wildman–Crippen LogP) is 2.63. The molecule has 126 valence electrons. The maximum Gasteiger partial charge on any atom is 0.333 e. The lowest BCUT2D eigenvalue weighted by molar-refractivity contribution is 0.424. The van der Waals surface area contributed by atoms with Crippen molar-refractivity contribution in [2.45, 2.75) is 0 Å². The van der Waals surface area contributed by atoms with Gasteiger partial charge in [-0.2, -0.15) is 0 Å². The van der Waals surface area contributed by atoms with Crippen LogP contribution in [-0.2, 0) is 14.1 Å². The van der Waals surface area contributed by atoms with Crippen molar-refractivity contribution in [1.82, 2.24) is 9.13 Å². The minimum atomic E-state index is -0.451. The Hall–Kier alpha value is -3.41. The van der Waals surface area contributed by atoms with Crippen LogP contribution in [-0.4, -0.2) is 15.3 Å². The number of aliphatic imine (C=N–C) groups is 1. The molecule has 0 aliphatic carbocycles. The van der Waals surface area contributed by atoms with Crippen LogP contribution in [0.4, 0.5) is 5.69 Å². The molecule has 0 unspecified atom stereocenters. The van der Waals surface area contributed by atoms with Gasteiger partial charge in [0.15, 0.2) is 5.75 Å². The average Bonchev–Trinajstić information content (AvgIpc) is 2.64. The molecule has 0 atom stereocenters. The molecule has 0 bridgehead atoms. The Morgan fingerprint density at radius 1 is 0.920 bits per heavy atom. The van der Waals surface area contributed by atoms with Crippen LogP contribution in [0.2, 0.25) is 0 Å². The lowest BCUT2D eigenvalue weighted by atomic mass is 10.2. The highest BCUT2D eigenvalue weighted by atomic mass is 16.5. The number of hydrogen-bond acceptors (Lipinski definition) is 4. The molecule has 0 saturated carbocycles. The third-order valence-corrected chi connectivity index (χ3v) is 3.71. The van der Waals surface area contributed by atoms with E-state index in [-0.39, 0.29) is 5.88 Å². The summed E-state index contributed by atoms with van der Waals surface area (Å²) in [5.74, 6) is 0.619. The van der Waals surface area contributed by atoms with Gasteiger partial charge in [0.25, 0.3) is 5.56 Å². The van der Waals surface area contributed by atoms with E-state index in [4.69, 9.17) is 4.74 Å². The lowest BCUT2D eigenvalue weighted by Crippen LogP contribution is -2.36. The minimum Gasteiger partial charge on any atom is -0.438 e. The van der Waals surface area contributed by atoms with E-state index >= 15 is 0 Å². The second-order valence-corrected chi connectivity index (χ2v) is 5.46. The topological polar surface area (TPSA) is 65.6 Å². The molecule has 25 heavy (non-hydrogen) atoms. The second-order valence-electron chi connectivity index (χ2n) is 5.46. The number of para-hydroxylation sites is 2. The lowest BCUT2D eigenvalue weighted by Gasteiger charge is -2.12. The molecule has 0 N–H and O–H groups in total. The zero-order valence-electron chi connectivity index (χ0n) is 13.9. The highest BCUT2D eigenvalue weighted by Crippen LogP contribution is 2.30. The Bertz CT molecular complexity index is 1030. The quantitative estimate of drug-likeness (QED) is 0.689. The highest BCUT2D eigenvalue weighted by Gasteiger charge is 2.10. The standard InChI is InChI=1S/C19H17N3O3/c1-21-17(23)12-18(22(2)19(21)24)25-16-11-7-6-10-15(16)20-13-14-8-4-3-5-9-14/h3-13H,1-2H3. The Morgan fingerprint density at radius 3 is 2.36 bits per heavy atom. The third kappa shape index (κ3) is 3.58. The molecule has 0 fully saturated rings. The summed E-state index contributed by atoms with van der Waals surface area (Å²) in [6, 6.07) is 18.1. The van der Waals surface area contributed by atoms with Crippen LogP contribution in [0.15, 0.2) is 75.2 Å². The fourth-order valence-electron chi connectivity index (χ4n) is 2.26. The van der Waals surface area contributed by atoms with Crippen LogP contribution < -0.4 is 16.0 Å². The zero-order chi connectivity index (χ0) is 17.8. The SMILES string of the molecule is Cn1c(Oc2ccccc2N=Cc2ccccc2)cc(=O)n(C)c1=O. The van der Waals surface area contributed by atoms with E-state index in [2.05, 4.69) is 4.99 Å². The van der Waals surface area contributed by atoms with Crippen molar-refractivity contribution in [1.29, 1.82) is 0 Å². The van der Waals surface area contributed by atoms with Crippen LogP contribution in [0.5, 0.6) is 11.6 Å². The molecule has 0 amide bonds. The maximum atomic E-state index is 12.0. The first-order valence-electron chi connectivity index (χ1n) is 7.69. The molecule has 1 aromatic heterocycles. The van der Waals surface area contributed by atoms with Gasteiger partial charge in [0.1, 0.15) is 5.69 Å². The normalized spacial score (nSPS) is 11.0. The summed E-state index contributed by atoms with van der Waals surface area (Å²) in [6.45, 7) is 0. The molecule has 3 aromatic rings. The second kappa shape index (κ2) is 7.00. The van der Waals surface area contributed by atoms with Gasteiger partial charge in [0, 0.05) is 20.3 Å². The molecular weight excluding hydrogens is 318 g/mol. The minimum absolute atomic E-state index is 0.162. The number of nitrogens with zero attached hydrogens (tertiary/aromatic N) is 3. The van der Waals surface area contributed by atoms with Gasteiger partial charge < -0.3 is 4.74 Å². The summed E-state index contributed by atoms with van der Waals surface area (Å²) in [6.07, 6.45) is 1.73. The fourth-order valence-corrected chi connectivity index (χ4v) is 2.26. The fraction of sp³-hybridized carbons (Fsp3) is 0.105. The van der Waals surface area contributed by atoms with Crippen LogP contribution in [0.3, 0.4) is 0 Å². The van der Waals surface area contributed by atoms with Gasteiger partial charge in [-0.25, -0.2) is 4.79 Å². The van der Waals surface area contributed by atoms with Crippen LogP contribution in [0.1, 0.15) is 5.56 Å². The number of aromatic nitrogens is 2. The van der Waals surface area contributed by atoms with E-state index in [9.17, 15) is 9.59 Å². The molecule has 2 aromatic carbocycles. The molecule has 3 rings (SSSR count). The first kappa shape index (κ1) is 16.4. The number of benzene rings is 2. The van der Waals surface area contributed by atoms with E-state index in [1.54, 1.807) is 31.5 Å². The maximum absolute atomic E-state index is 12.0. The van der Waals surface area contributed by atoms with E-state index in [0.29, 0.717) is 11.4 Å². The molecule has 0 aliphatic heterocycles. The molecule has 0 saturated heterocycles. The molecule has 6 heteroatoms. The van der Waals surface area contributed by atoms with Gasteiger partial charge in [-0.15, -0.1) is 0 Å². The Kier molecular flexibility index (Phi) is 4.61. The monoisotopic (exact) mass is 335 g/mol. The van der Waals surface area contributed by atoms with Crippen molar-refractivity contribution in [3.8, 4) is 11.6 Å². The van der Waals surface area contributed by atoms with Gasteiger partial charge in [0.05, 0.1) is 6.07 Å². The van der Waals surface area contributed by atoms with Crippen molar-refractivity contribution in [3.05, 3.63) is 87.1 Å². The van der Waals surface area contributed by atoms with Gasteiger partial charge >= 0.3 is 5.69 Å². The number of ether oxygens (including phenoxy) is 1. The summed E-state index contributed by atoms with van der Waals surface area (Å²) in [5, 5.41) is 0. The summed E-state index contributed by atoms with van der Waals surface area (Å²) in [7, 11) is 2.97. The van der Waals surface area contributed by atoms with Crippen molar-refractivity contribution < 1.29 is 4.74 Å². The first-order valence-corrected chi connectivity index (χ1v) is 7.69. The van der Waals surface area contributed by atoms with Gasteiger partial charge in [-0.1, -0.05) is 42.5 Å². The first-order chi connectivity index (χ1) is 12.1. The molecule has 1 heterocycles. The van der Waals surface area contributed by atoms with E-state index in [1.807, 2.05) is 36.4 Å². The van der Waals surface area contributed by atoms with Crippen molar-refractivity contribution in [2.75, 3.05) is 0 Å². The summed E-state index contributed by atoms with van der Waals surface area (Å²) in [5.41, 5.74) is 0.675. The molecule has 0 radical (unpaired) electrons. The summed E-state index contributed by atoms with van der Waals surface area (Å²) < 4.78 is 8.08.